The second-order valence-electron chi connectivity index (χ2n) is 3.05. The minimum atomic E-state index is 0.539. The fraction of sp³-hybridized carbons (Fsp3) is 0.889. The molecular formula is C9H19NO. The smallest absolute Gasteiger partial charge is 0.120 e. The minimum Gasteiger partial charge on any atom is -0.317 e. The molecule has 0 aromatic carbocycles. The van der Waals surface area contributed by atoms with Crippen molar-refractivity contribution in [2.45, 2.75) is 33.1 Å². The van der Waals surface area contributed by atoms with E-state index >= 15 is 0 Å². The third kappa shape index (κ3) is 7.53. The highest BCUT2D eigenvalue weighted by Crippen LogP contribution is 2.02. The maximum Gasteiger partial charge on any atom is 0.120 e. The topological polar surface area (TPSA) is 29.1 Å². The van der Waals surface area contributed by atoms with E-state index in [9.17, 15) is 4.79 Å². The number of carbonyl (C=O) groups excluding carboxylic acids is 1. The van der Waals surface area contributed by atoms with Gasteiger partial charge in [0.2, 0.25) is 0 Å². The van der Waals surface area contributed by atoms with Gasteiger partial charge in [-0.25, -0.2) is 0 Å². The van der Waals surface area contributed by atoms with Crippen LogP contribution in [0.3, 0.4) is 0 Å². The highest BCUT2D eigenvalue weighted by atomic mass is 16.1. The molecule has 0 saturated carbocycles. The van der Waals surface area contributed by atoms with Crippen LogP contribution in [0.5, 0.6) is 0 Å². The van der Waals surface area contributed by atoms with Crippen molar-refractivity contribution in [2.24, 2.45) is 5.92 Å². The third-order valence-corrected chi connectivity index (χ3v) is 1.74. The van der Waals surface area contributed by atoms with Crippen LogP contribution in [0.2, 0.25) is 0 Å². The highest BCUT2D eigenvalue weighted by Gasteiger charge is 1.98. The molecule has 0 aromatic heterocycles. The third-order valence-electron chi connectivity index (χ3n) is 1.74. The van der Waals surface area contributed by atoms with Crippen LogP contribution < -0.4 is 5.32 Å². The number of rotatable bonds is 7. The van der Waals surface area contributed by atoms with Gasteiger partial charge in [-0.1, -0.05) is 13.8 Å². The summed E-state index contributed by atoms with van der Waals surface area (Å²) < 4.78 is 0. The second kappa shape index (κ2) is 7.73. The monoisotopic (exact) mass is 157 g/mol. The molecule has 0 aliphatic carbocycles. The molecule has 0 aliphatic heterocycles. The summed E-state index contributed by atoms with van der Waals surface area (Å²) in [6.07, 6.45) is 4.00. The van der Waals surface area contributed by atoms with Crippen molar-refractivity contribution >= 4 is 6.29 Å². The number of aldehydes is 1. The summed E-state index contributed by atoms with van der Waals surface area (Å²) in [7, 11) is 0. The van der Waals surface area contributed by atoms with E-state index in [-0.39, 0.29) is 0 Å². The van der Waals surface area contributed by atoms with E-state index in [1.54, 1.807) is 0 Å². The van der Waals surface area contributed by atoms with E-state index < -0.39 is 0 Å². The fourth-order valence-corrected chi connectivity index (χ4v) is 0.932. The summed E-state index contributed by atoms with van der Waals surface area (Å²) in [6, 6.07) is 0. The second-order valence-corrected chi connectivity index (χ2v) is 3.05. The van der Waals surface area contributed by atoms with Crippen molar-refractivity contribution in [3.05, 3.63) is 0 Å². The lowest BCUT2D eigenvalue weighted by atomic mass is 10.1. The molecule has 0 bridgehead atoms. The van der Waals surface area contributed by atoms with E-state index in [2.05, 4.69) is 19.2 Å². The zero-order chi connectivity index (χ0) is 8.53. The molecular weight excluding hydrogens is 138 g/mol. The standard InChI is InChI=1S/C9H19NO/c1-3-6-10-7-4-9(2)5-8-11/h8-10H,3-7H2,1-2H3. The lowest BCUT2D eigenvalue weighted by Gasteiger charge is -2.07. The molecule has 0 rings (SSSR count). The average Bonchev–Trinajstić information content (AvgIpc) is 1.99. The molecule has 2 nitrogen and oxygen atoms in total. The molecule has 0 spiro atoms. The lowest BCUT2D eigenvalue weighted by Crippen LogP contribution is -2.18. The molecule has 1 unspecified atom stereocenters. The van der Waals surface area contributed by atoms with Crippen LogP contribution in [-0.4, -0.2) is 19.4 Å². The van der Waals surface area contributed by atoms with Crippen LogP contribution in [0.1, 0.15) is 33.1 Å². The number of carbonyl (C=O) groups is 1. The van der Waals surface area contributed by atoms with Gasteiger partial charge in [-0.15, -0.1) is 0 Å². The zero-order valence-electron chi connectivity index (χ0n) is 7.60. The van der Waals surface area contributed by atoms with Crippen LogP contribution in [0.15, 0.2) is 0 Å². The Morgan fingerprint density at radius 1 is 1.45 bits per heavy atom. The van der Waals surface area contributed by atoms with Crippen LogP contribution >= 0.6 is 0 Å². The molecule has 0 aliphatic rings. The largest absolute Gasteiger partial charge is 0.317 e. The molecule has 2 heteroatoms. The first kappa shape index (κ1) is 10.6. The molecule has 0 amide bonds. The lowest BCUT2D eigenvalue weighted by molar-refractivity contribution is -0.108. The van der Waals surface area contributed by atoms with Crippen LogP contribution in [-0.2, 0) is 4.79 Å². The molecule has 1 atom stereocenters. The Balaban J connectivity index is 3.03. The minimum absolute atomic E-state index is 0.539. The summed E-state index contributed by atoms with van der Waals surface area (Å²) in [5.41, 5.74) is 0. The van der Waals surface area contributed by atoms with E-state index in [1.165, 1.54) is 6.42 Å². The van der Waals surface area contributed by atoms with Gasteiger partial charge in [0.25, 0.3) is 0 Å². The van der Waals surface area contributed by atoms with Gasteiger partial charge in [0.05, 0.1) is 0 Å². The van der Waals surface area contributed by atoms with Crippen molar-refractivity contribution in [2.75, 3.05) is 13.1 Å². The van der Waals surface area contributed by atoms with E-state index in [4.69, 9.17) is 0 Å². The maximum atomic E-state index is 10.1. The van der Waals surface area contributed by atoms with Gasteiger partial charge in [0.15, 0.2) is 0 Å². The molecule has 0 aromatic rings. The van der Waals surface area contributed by atoms with E-state index in [0.717, 1.165) is 25.8 Å². The quantitative estimate of drug-likeness (QED) is 0.449. The number of hydrogen-bond donors (Lipinski definition) is 1. The Kier molecular flexibility index (Phi) is 7.47. The van der Waals surface area contributed by atoms with E-state index in [0.29, 0.717) is 12.3 Å². The average molecular weight is 157 g/mol. The molecule has 0 radical (unpaired) electrons. The number of nitrogens with one attached hydrogen (secondary N) is 1. The first-order valence-electron chi connectivity index (χ1n) is 4.45. The molecule has 0 saturated heterocycles. The van der Waals surface area contributed by atoms with Crippen LogP contribution in [0, 0.1) is 5.92 Å². The fourth-order valence-electron chi connectivity index (χ4n) is 0.932. The summed E-state index contributed by atoms with van der Waals surface area (Å²) in [5, 5.41) is 3.31. The molecule has 0 heterocycles. The van der Waals surface area contributed by atoms with Gasteiger partial charge in [-0.2, -0.15) is 0 Å². The Hall–Kier alpha value is -0.370. The van der Waals surface area contributed by atoms with Gasteiger partial charge in [0, 0.05) is 6.42 Å². The van der Waals surface area contributed by atoms with Gasteiger partial charge in [-0.3, -0.25) is 0 Å². The molecule has 1 N–H and O–H groups in total. The predicted octanol–water partition coefficient (Wildman–Crippen LogP) is 1.60. The van der Waals surface area contributed by atoms with Crippen molar-refractivity contribution in [1.29, 1.82) is 0 Å². The summed E-state index contributed by atoms with van der Waals surface area (Å²) >= 11 is 0. The number of hydrogen-bond acceptors (Lipinski definition) is 2. The Labute approximate surface area is 69.4 Å². The predicted molar refractivity (Wildman–Crippen MR) is 47.6 cm³/mol. The van der Waals surface area contributed by atoms with E-state index in [1.807, 2.05) is 0 Å². The maximum absolute atomic E-state index is 10.1. The normalized spacial score (nSPS) is 12.9. The highest BCUT2D eigenvalue weighted by molar-refractivity contribution is 5.49. The van der Waals surface area contributed by atoms with Gasteiger partial charge in [0.1, 0.15) is 6.29 Å². The van der Waals surface area contributed by atoms with Gasteiger partial charge >= 0.3 is 0 Å². The molecule has 66 valence electrons. The zero-order valence-corrected chi connectivity index (χ0v) is 7.60. The SMILES string of the molecule is CCCNCCC(C)CC=O. The first-order chi connectivity index (χ1) is 5.31. The first-order valence-corrected chi connectivity index (χ1v) is 4.45. The Morgan fingerprint density at radius 2 is 2.18 bits per heavy atom. The van der Waals surface area contributed by atoms with Gasteiger partial charge < -0.3 is 10.1 Å². The summed E-state index contributed by atoms with van der Waals surface area (Å²) in [5.74, 6) is 0.539. The van der Waals surface area contributed by atoms with Crippen molar-refractivity contribution in [3.8, 4) is 0 Å². The Bertz CT molecular complexity index is 93.6. The van der Waals surface area contributed by atoms with Crippen molar-refractivity contribution in [3.63, 3.8) is 0 Å². The van der Waals surface area contributed by atoms with Crippen LogP contribution in [0.4, 0.5) is 0 Å². The molecule has 11 heavy (non-hydrogen) atoms. The van der Waals surface area contributed by atoms with Crippen molar-refractivity contribution in [1.82, 2.24) is 5.32 Å². The summed E-state index contributed by atoms with van der Waals surface area (Å²) in [4.78, 5) is 10.1. The van der Waals surface area contributed by atoms with Crippen molar-refractivity contribution < 1.29 is 4.79 Å². The summed E-state index contributed by atoms with van der Waals surface area (Å²) in [6.45, 7) is 6.40. The Morgan fingerprint density at radius 3 is 2.73 bits per heavy atom. The molecule has 0 fully saturated rings. The van der Waals surface area contributed by atoms with Gasteiger partial charge in [-0.05, 0) is 31.8 Å². The van der Waals surface area contributed by atoms with Crippen LogP contribution in [0.25, 0.3) is 0 Å².